The lowest BCUT2D eigenvalue weighted by molar-refractivity contribution is -0.274. The molecule has 0 aliphatic rings. The molecule has 0 atom stereocenters. The summed E-state index contributed by atoms with van der Waals surface area (Å²) in [6, 6.07) is 12.4. The Labute approximate surface area is 187 Å². The van der Waals surface area contributed by atoms with E-state index in [4.69, 9.17) is 4.74 Å². The molecule has 3 rings (SSSR count). The number of nitrogens with zero attached hydrogens (tertiary/aromatic N) is 1. The Hall–Kier alpha value is -3.68. The second-order valence-corrected chi connectivity index (χ2v) is 6.95. The fraction of sp³-hybridized carbons (Fsp3) is 0.160. The van der Waals surface area contributed by atoms with Crippen molar-refractivity contribution in [2.24, 2.45) is 0 Å². The van der Waals surface area contributed by atoms with Crippen LogP contribution in [-0.4, -0.2) is 11.3 Å². The molecule has 0 N–H and O–H groups in total. The molecule has 0 amide bonds. The third-order valence-electron chi connectivity index (χ3n) is 4.59. The predicted octanol–water partition coefficient (Wildman–Crippen LogP) is 7.37. The minimum Gasteiger partial charge on any atom is -0.486 e. The van der Waals surface area contributed by atoms with Crippen LogP contribution >= 0.6 is 0 Å². The van der Waals surface area contributed by atoms with Gasteiger partial charge in [-0.3, -0.25) is 0 Å². The maximum absolute atomic E-state index is 13.9. The van der Waals surface area contributed by atoms with Crippen molar-refractivity contribution in [1.82, 2.24) is 4.98 Å². The number of pyridine rings is 1. The van der Waals surface area contributed by atoms with Crippen molar-refractivity contribution in [3.05, 3.63) is 101 Å². The molecule has 172 valence electrons. The SMILES string of the molecule is C/C=C\C=C(\OCc1c(F)cccc1F)c1ccc(-c2cccc(OC(F)(F)F)c2)c(C)n1. The van der Waals surface area contributed by atoms with Crippen LogP contribution in [0.25, 0.3) is 16.9 Å². The topological polar surface area (TPSA) is 31.4 Å². The number of rotatable bonds is 7. The zero-order valence-corrected chi connectivity index (χ0v) is 17.8. The van der Waals surface area contributed by atoms with Crippen LogP contribution in [0.2, 0.25) is 0 Å². The summed E-state index contributed by atoms with van der Waals surface area (Å²) in [7, 11) is 0. The summed E-state index contributed by atoms with van der Waals surface area (Å²) in [5, 5.41) is 0. The van der Waals surface area contributed by atoms with Gasteiger partial charge in [0.05, 0.1) is 5.56 Å². The van der Waals surface area contributed by atoms with E-state index in [2.05, 4.69) is 9.72 Å². The molecular formula is C25H20F5NO2. The zero-order chi connectivity index (χ0) is 24.0. The summed E-state index contributed by atoms with van der Waals surface area (Å²) in [4.78, 5) is 4.49. The summed E-state index contributed by atoms with van der Waals surface area (Å²) in [5.41, 5.74) is 1.79. The Morgan fingerprint density at radius 2 is 1.70 bits per heavy atom. The first-order valence-corrected chi connectivity index (χ1v) is 9.91. The minimum atomic E-state index is -4.79. The van der Waals surface area contributed by atoms with Crippen LogP contribution in [0.4, 0.5) is 22.0 Å². The number of allylic oxidation sites excluding steroid dienone is 3. The highest BCUT2D eigenvalue weighted by Crippen LogP contribution is 2.30. The Kier molecular flexibility index (Phi) is 7.48. The summed E-state index contributed by atoms with van der Waals surface area (Å²) in [6.45, 7) is 3.14. The van der Waals surface area contributed by atoms with E-state index in [1.807, 2.05) is 0 Å². The highest BCUT2D eigenvalue weighted by Gasteiger charge is 2.31. The van der Waals surface area contributed by atoms with Crippen LogP contribution in [0, 0.1) is 18.6 Å². The van der Waals surface area contributed by atoms with E-state index >= 15 is 0 Å². The maximum atomic E-state index is 13.9. The molecule has 0 unspecified atom stereocenters. The van der Waals surface area contributed by atoms with Gasteiger partial charge in [-0.05, 0) is 55.8 Å². The summed E-state index contributed by atoms with van der Waals surface area (Å²) in [5.74, 6) is -1.51. The number of alkyl halides is 3. The van der Waals surface area contributed by atoms with Gasteiger partial charge < -0.3 is 9.47 Å². The normalized spacial score (nSPS) is 12.3. The largest absolute Gasteiger partial charge is 0.573 e. The number of ether oxygens (including phenoxy) is 2. The average Bonchev–Trinajstić information content (AvgIpc) is 2.74. The van der Waals surface area contributed by atoms with Crippen LogP contribution in [0.15, 0.2) is 72.8 Å². The molecule has 2 aromatic carbocycles. The number of aryl methyl sites for hydroxylation is 1. The zero-order valence-electron chi connectivity index (χ0n) is 17.8. The number of hydrogen-bond acceptors (Lipinski definition) is 3. The third kappa shape index (κ3) is 6.41. The molecule has 1 heterocycles. The van der Waals surface area contributed by atoms with E-state index < -0.39 is 18.0 Å². The van der Waals surface area contributed by atoms with Gasteiger partial charge in [0.2, 0.25) is 0 Å². The van der Waals surface area contributed by atoms with Gasteiger partial charge in [0.15, 0.2) is 0 Å². The van der Waals surface area contributed by atoms with Gasteiger partial charge in [0, 0.05) is 11.3 Å². The lowest BCUT2D eigenvalue weighted by Gasteiger charge is -2.14. The predicted molar refractivity (Wildman–Crippen MR) is 115 cm³/mol. The van der Waals surface area contributed by atoms with Gasteiger partial charge in [-0.1, -0.05) is 36.4 Å². The van der Waals surface area contributed by atoms with E-state index in [1.165, 1.54) is 24.3 Å². The Morgan fingerprint density at radius 3 is 2.33 bits per heavy atom. The molecule has 0 radical (unpaired) electrons. The molecule has 0 aliphatic heterocycles. The van der Waals surface area contributed by atoms with Crippen molar-refractivity contribution in [2.75, 3.05) is 0 Å². The lowest BCUT2D eigenvalue weighted by Crippen LogP contribution is -2.17. The molecule has 0 spiro atoms. The third-order valence-corrected chi connectivity index (χ3v) is 4.59. The lowest BCUT2D eigenvalue weighted by atomic mass is 10.0. The van der Waals surface area contributed by atoms with Crippen LogP contribution in [0.1, 0.15) is 23.9 Å². The molecule has 33 heavy (non-hydrogen) atoms. The van der Waals surface area contributed by atoms with Crippen LogP contribution in [0.3, 0.4) is 0 Å². The molecule has 0 bridgehead atoms. The standard InChI is InChI=1S/C25H20F5NO2/c1-3-4-11-24(32-15-20-21(26)9-6-10-22(20)27)23-13-12-19(16(2)31-23)17-7-5-8-18(14-17)33-25(28,29)30/h3-14H,15H2,1-2H3/b4-3-,24-11+. The molecule has 0 fully saturated rings. The van der Waals surface area contributed by atoms with Gasteiger partial charge in [0.25, 0.3) is 0 Å². The molecule has 3 nitrogen and oxygen atoms in total. The van der Waals surface area contributed by atoms with Crippen molar-refractivity contribution < 1.29 is 31.4 Å². The highest BCUT2D eigenvalue weighted by atomic mass is 19.4. The first-order valence-electron chi connectivity index (χ1n) is 9.91. The fourth-order valence-electron chi connectivity index (χ4n) is 3.08. The molecular weight excluding hydrogens is 441 g/mol. The van der Waals surface area contributed by atoms with Gasteiger partial charge >= 0.3 is 6.36 Å². The molecule has 1 aromatic heterocycles. The van der Waals surface area contributed by atoms with Crippen LogP contribution in [-0.2, 0) is 11.3 Å². The van der Waals surface area contributed by atoms with Crippen molar-refractivity contribution in [3.8, 4) is 16.9 Å². The van der Waals surface area contributed by atoms with Gasteiger partial charge in [-0.2, -0.15) is 0 Å². The smallest absolute Gasteiger partial charge is 0.486 e. The highest BCUT2D eigenvalue weighted by molar-refractivity contribution is 5.69. The number of hydrogen-bond donors (Lipinski definition) is 0. The van der Waals surface area contributed by atoms with Gasteiger partial charge in [-0.15, -0.1) is 13.2 Å². The monoisotopic (exact) mass is 461 g/mol. The van der Waals surface area contributed by atoms with E-state index in [0.717, 1.165) is 12.1 Å². The van der Waals surface area contributed by atoms with Crippen LogP contribution < -0.4 is 4.74 Å². The summed E-state index contributed by atoms with van der Waals surface area (Å²) in [6.07, 6.45) is 0.256. The fourth-order valence-corrected chi connectivity index (χ4v) is 3.08. The Balaban J connectivity index is 1.89. The summed E-state index contributed by atoms with van der Waals surface area (Å²) < 4.78 is 75.2. The first kappa shape index (κ1) is 24.0. The van der Waals surface area contributed by atoms with Crippen LogP contribution in [0.5, 0.6) is 5.75 Å². The van der Waals surface area contributed by atoms with Crippen molar-refractivity contribution in [2.45, 2.75) is 26.8 Å². The number of halogens is 5. The second-order valence-electron chi connectivity index (χ2n) is 6.95. The quantitative estimate of drug-likeness (QED) is 0.209. The average molecular weight is 461 g/mol. The Bertz CT molecular complexity index is 1170. The summed E-state index contributed by atoms with van der Waals surface area (Å²) >= 11 is 0. The van der Waals surface area contributed by atoms with Crippen molar-refractivity contribution in [3.63, 3.8) is 0 Å². The minimum absolute atomic E-state index is 0.210. The van der Waals surface area contributed by atoms with E-state index in [-0.39, 0.29) is 23.7 Å². The number of benzene rings is 2. The van der Waals surface area contributed by atoms with E-state index in [1.54, 1.807) is 50.3 Å². The van der Waals surface area contributed by atoms with E-state index in [0.29, 0.717) is 22.5 Å². The molecule has 0 aliphatic carbocycles. The number of aromatic nitrogens is 1. The van der Waals surface area contributed by atoms with E-state index in [9.17, 15) is 22.0 Å². The Morgan fingerprint density at radius 1 is 1.00 bits per heavy atom. The molecule has 3 aromatic rings. The van der Waals surface area contributed by atoms with Gasteiger partial charge in [-0.25, -0.2) is 13.8 Å². The second kappa shape index (κ2) is 10.3. The van der Waals surface area contributed by atoms with Crippen molar-refractivity contribution >= 4 is 5.76 Å². The first-order chi connectivity index (χ1) is 15.7. The molecule has 0 saturated heterocycles. The molecule has 0 saturated carbocycles. The maximum Gasteiger partial charge on any atom is 0.573 e. The van der Waals surface area contributed by atoms with Crippen molar-refractivity contribution in [1.29, 1.82) is 0 Å². The molecule has 8 heteroatoms. The van der Waals surface area contributed by atoms with Gasteiger partial charge in [0.1, 0.15) is 35.4 Å².